The van der Waals surface area contributed by atoms with E-state index >= 15 is 0 Å². The first kappa shape index (κ1) is 26.0. The maximum atomic E-state index is 6.28. The van der Waals surface area contributed by atoms with Gasteiger partial charge < -0.3 is 25.4 Å². The summed E-state index contributed by atoms with van der Waals surface area (Å²) in [6, 6.07) is 15.0. The first-order valence-electron chi connectivity index (χ1n) is 12.7. The van der Waals surface area contributed by atoms with E-state index in [1.807, 2.05) is 35.7 Å². The van der Waals surface area contributed by atoms with Gasteiger partial charge in [-0.3, -0.25) is 0 Å². The van der Waals surface area contributed by atoms with Crippen molar-refractivity contribution in [3.05, 3.63) is 47.8 Å². The number of aromatic nitrogens is 1. The van der Waals surface area contributed by atoms with Gasteiger partial charge in [-0.25, -0.2) is 9.98 Å². The van der Waals surface area contributed by atoms with Crippen LogP contribution < -0.4 is 20.5 Å². The molecule has 0 atom stereocenters. The van der Waals surface area contributed by atoms with Gasteiger partial charge in [-0.2, -0.15) is 0 Å². The highest BCUT2D eigenvalue weighted by atomic mass is 32.1. The number of anilines is 1. The number of aliphatic imine (C=N–C) groups is 1. The van der Waals surface area contributed by atoms with E-state index in [-0.39, 0.29) is 6.04 Å². The van der Waals surface area contributed by atoms with Crippen LogP contribution in [-0.2, 0) is 0 Å². The fourth-order valence-corrected chi connectivity index (χ4v) is 5.77. The number of hydrogen-bond donors (Lipinski definition) is 2. The molecular formula is C28H37N5O2S. The van der Waals surface area contributed by atoms with Gasteiger partial charge in [-0.05, 0) is 56.5 Å². The minimum Gasteiger partial charge on any atom is -0.497 e. The standard InChI is InChI=1S/C28H37N5O2S/c1-5-33(6-2)20-13-11-19(12-14-20)30-27(29)32-28-31-25(18-36-28)23-10-8-7-9-22(23)24-16-15-21(34-3)17-26(24)35-4/h7-10,15-20H,5-6,11-14H2,1-4H3,(H3,29,30,31,32). The van der Waals surface area contributed by atoms with Crippen LogP contribution in [0.5, 0.6) is 11.5 Å². The summed E-state index contributed by atoms with van der Waals surface area (Å²) in [5, 5.41) is 5.99. The summed E-state index contributed by atoms with van der Waals surface area (Å²) < 4.78 is 11.0. The molecule has 1 fully saturated rings. The molecule has 3 N–H and O–H groups in total. The maximum Gasteiger partial charge on any atom is 0.195 e. The molecule has 0 radical (unpaired) electrons. The topological polar surface area (TPSA) is 85.0 Å². The highest BCUT2D eigenvalue weighted by Gasteiger charge is 2.24. The molecule has 8 heteroatoms. The molecule has 0 spiro atoms. The Morgan fingerprint density at radius 1 is 1.03 bits per heavy atom. The molecule has 1 aromatic heterocycles. The van der Waals surface area contributed by atoms with Gasteiger partial charge in [-0.15, -0.1) is 11.3 Å². The lowest BCUT2D eigenvalue weighted by atomic mass is 9.90. The highest BCUT2D eigenvalue weighted by molar-refractivity contribution is 7.14. The third-order valence-electron chi connectivity index (χ3n) is 6.96. The van der Waals surface area contributed by atoms with E-state index in [1.165, 1.54) is 24.2 Å². The Labute approximate surface area is 218 Å². The Hall–Kier alpha value is -3.10. The molecule has 1 saturated carbocycles. The van der Waals surface area contributed by atoms with E-state index in [9.17, 15) is 0 Å². The van der Waals surface area contributed by atoms with E-state index in [2.05, 4.69) is 36.2 Å². The lowest BCUT2D eigenvalue weighted by molar-refractivity contribution is 0.165. The van der Waals surface area contributed by atoms with E-state index in [1.54, 1.807) is 14.2 Å². The Morgan fingerprint density at radius 2 is 1.75 bits per heavy atom. The number of rotatable bonds is 9. The zero-order chi connectivity index (χ0) is 25.5. The minimum absolute atomic E-state index is 0.270. The smallest absolute Gasteiger partial charge is 0.195 e. The van der Waals surface area contributed by atoms with Crippen molar-refractivity contribution < 1.29 is 9.47 Å². The molecule has 192 valence electrons. The van der Waals surface area contributed by atoms with Crippen LogP contribution in [0, 0.1) is 0 Å². The summed E-state index contributed by atoms with van der Waals surface area (Å²) in [5.41, 5.74) is 10.2. The number of benzene rings is 2. The predicted molar refractivity (Wildman–Crippen MR) is 150 cm³/mol. The normalized spacial score (nSPS) is 18.3. The zero-order valence-electron chi connectivity index (χ0n) is 21.7. The molecule has 2 aromatic carbocycles. The molecule has 4 rings (SSSR count). The second kappa shape index (κ2) is 12.2. The number of guanidine groups is 1. The summed E-state index contributed by atoms with van der Waals surface area (Å²) in [4.78, 5) is 12.1. The summed E-state index contributed by atoms with van der Waals surface area (Å²) in [7, 11) is 3.32. The van der Waals surface area contributed by atoms with Gasteiger partial charge in [-0.1, -0.05) is 38.1 Å². The van der Waals surface area contributed by atoms with Gasteiger partial charge in [0.25, 0.3) is 0 Å². The third-order valence-corrected chi connectivity index (χ3v) is 7.72. The number of ether oxygens (including phenoxy) is 2. The van der Waals surface area contributed by atoms with Crippen LogP contribution in [-0.4, -0.2) is 55.2 Å². The minimum atomic E-state index is 0.270. The first-order valence-corrected chi connectivity index (χ1v) is 13.6. The number of nitrogens with one attached hydrogen (secondary N) is 1. The van der Waals surface area contributed by atoms with Gasteiger partial charge in [0.1, 0.15) is 11.5 Å². The zero-order valence-corrected chi connectivity index (χ0v) is 22.5. The van der Waals surface area contributed by atoms with Gasteiger partial charge in [0, 0.05) is 28.6 Å². The Kier molecular flexibility index (Phi) is 8.83. The molecule has 0 aliphatic heterocycles. The summed E-state index contributed by atoms with van der Waals surface area (Å²) in [6.45, 7) is 6.70. The second-order valence-electron chi connectivity index (χ2n) is 8.97. The van der Waals surface area contributed by atoms with Crippen molar-refractivity contribution in [3.63, 3.8) is 0 Å². The van der Waals surface area contributed by atoms with Crippen LogP contribution in [0.4, 0.5) is 5.13 Å². The van der Waals surface area contributed by atoms with Crippen molar-refractivity contribution in [2.75, 3.05) is 32.6 Å². The number of nitrogens with zero attached hydrogens (tertiary/aromatic N) is 3. The highest BCUT2D eigenvalue weighted by Crippen LogP contribution is 2.39. The summed E-state index contributed by atoms with van der Waals surface area (Å²) in [5.74, 6) is 1.94. The molecule has 0 saturated heterocycles. The maximum absolute atomic E-state index is 6.28. The Balaban J connectivity index is 1.47. The van der Waals surface area contributed by atoms with Crippen LogP contribution in [0.2, 0.25) is 0 Å². The summed E-state index contributed by atoms with van der Waals surface area (Å²) in [6.07, 6.45) is 4.50. The van der Waals surface area contributed by atoms with Crippen molar-refractivity contribution in [2.45, 2.75) is 51.6 Å². The SMILES string of the molecule is CCN(CC)C1CCC(N=C(N)Nc2nc(-c3ccccc3-c3ccc(OC)cc3OC)cs2)CC1. The third kappa shape index (κ3) is 5.99. The van der Waals surface area contributed by atoms with Crippen molar-refractivity contribution in [3.8, 4) is 33.9 Å². The van der Waals surface area contributed by atoms with Gasteiger partial charge in [0.2, 0.25) is 0 Å². The molecular weight excluding hydrogens is 470 g/mol. The van der Waals surface area contributed by atoms with Crippen molar-refractivity contribution in [1.29, 1.82) is 0 Å². The molecule has 0 unspecified atom stereocenters. The lowest BCUT2D eigenvalue weighted by Crippen LogP contribution is -2.39. The summed E-state index contributed by atoms with van der Waals surface area (Å²) >= 11 is 1.52. The number of thiazole rings is 1. The van der Waals surface area contributed by atoms with Gasteiger partial charge in [0.15, 0.2) is 11.1 Å². The van der Waals surface area contributed by atoms with Crippen LogP contribution in [0.3, 0.4) is 0 Å². The van der Waals surface area contributed by atoms with Gasteiger partial charge >= 0.3 is 0 Å². The number of methoxy groups -OCH3 is 2. The second-order valence-corrected chi connectivity index (χ2v) is 9.83. The van der Waals surface area contributed by atoms with Crippen molar-refractivity contribution in [2.24, 2.45) is 10.7 Å². The van der Waals surface area contributed by atoms with E-state index in [0.29, 0.717) is 12.0 Å². The van der Waals surface area contributed by atoms with Crippen LogP contribution in [0.15, 0.2) is 52.8 Å². The quantitative estimate of drug-likeness (QED) is 0.278. The number of hydrogen-bond acceptors (Lipinski definition) is 6. The van der Waals surface area contributed by atoms with Crippen molar-refractivity contribution >= 4 is 22.4 Å². The fraction of sp³-hybridized carbons (Fsp3) is 0.429. The molecule has 7 nitrogen and oxygen atoms in total. The van der Waals surface area contributed by atoms with E-state index in [0.717, 1.165) is 64.9 Å². The lowest BCUT2D eigenvalue weighted by Gasteiger charge is -2.34. The molecule has 0 amide bonds. The van der Waals surface area contributed by atoms with Crippen LogP contribution in [0.25, 0.3) is 22.4 Å². The van der Waals surface area contributed by atoms with Crippen LogP contribution >= 0.6 is 11.3 Å². The first-order chi connectivity index (χ1) is 17.6. The number of nitrogens with two attached hydrogens (primary N) is 1. The molecule has 0 bridgehead atoms. The molecule has 1 heterocycles. The van der Waals surface area contributed by atoms with E-state index in [4.69, 9.17) is 25.2 Å². The van der Waals surface area contributed by atoms with Crippen molar-refractivity contribution in [1.82, 2.24) is 9.88 Å². The molecule has 1 aliphatic rings. The average Bonchev–Trinajstić information content (AvgIpc) is 3.38. The van der Waals surface area contributed by atoms with Crippen LogP contribution in [0.1, 0.15) is 39.5 Å². The van der Waals surface area contributed by atoms with E-state index < -0.39 is 0 Å². The molecule has 3 aromatic rings. The Morgan fingerprint density at radius 3 is 2.42 bits per heavy atom. The monoisotopic (exact) mass is 507 g/mol. The Bertz CT molecular complexity index is 1170. The fourth-order valence-electron chi connectivity index (χ4n) is 5.05. The largest absolute Gasteiger partial charge is 0.497 e. The average molecular weight is 508 g/mol. The molecule has 1 aliphatic carbocycles. The predicted octanol–water partition coefficient (Wildman–Crippen LogP) is 5.87. The van der Waals surface area contributed by atoms with Gasteiger partial charge in [0.05, 0.1) is 26.0 Å². The molecule has 36 heavy (non-hydrogen) atoms.